The molecule has 0 aromatic heterocycles. The molecule has 6 nitrogen and oxygen atoms in total. The van der Waals surface area contributed by atoms with Crippen LogP contribution in [0.5, 0.6) is 0 Å². The van der Waals surface area contributed by atoms with Gasteiger partial charge in [-0.15, -0.1) is 0 Å². The van der Waals surface area contributed by atoms with E-state index in [4.69, 9.17) is 10.5 Å². The summed E-state index contributed by atoms with van der Waals surface area (Å²) in [5.74, 6) is 0.295. The van der Waals surface area contributed by atoms with Crippen LogP contribution in [-0.2, 0) is 37.6 Å². The summed E-state index contributed by atoms with van der Waals surface area (Å²) in [5, 5.41) is 5.96. The Morgan fingerprint density at radius 2 is 1.55 bits per heavy atom. The van der Waals surface area contributed by atoms with Gasteiger partial charge in [-0.25, -0.2) is 0 Å². The van der Waals surface area contributed by atoms with E-state index < -0.39 is 5.54 Å². The molecule has 0 bridgehead atoms. The fraction of sp³-hybridized carbons (Fsp3) is 0.333. The van der Waals surface area contributed by atoms with Crippen molar-refractivity contribution in [1.82, 2.24) is 5.32 Å². The Hall–Kier alpha value is -3.84. The number of benzene rings is 4. The molecule has 4 aromatic rings. The van der Waals surface area contributed by atoms with Crippen LogP contribution in [0.4, 0.5) is 0 Å². The van der Waals surface area contributed by atoms with Crippen molar-refractivity contribution in [3.63, 3.8) is 0 Å². The Morgan fingerprint density at radius 3 is 2.19 bits per heavy atom. The lowest BCUT2D eigenvalue weighted by Gasteiger charge is -2.33. The summed E-state index contributed by atoms with van der Waals surface area (Å²) in [7, 11) is 0. The average Bonchev–Trinajstić information content (AvgIpc) is 3.00. The van der Waals surface area contributed by atoms with Gasteiger partial charge in [0.25, 0.3) is 6.47 Å². The van der Waals surface area contributed by atoms with Gasteiger partial charge in [-0.05, 0) is 72.8 Å². The summed E-state index contributed by atoms with van der Waals surface area (Å²) in [6.45, 7) is 8.29. The predicted molar refractivity (Wildman–Crippen MR) is 168 cm³/mol. The Balaban J connectivity index is 0.000000517. The lowest BCUT2D eigenvalue weighted by molar-refractivity contribution is -0.138. The van der Waals surface area contributed by atoms with E-state index in [9.17, 15) is 9.59 Å². The maximum atomic E-state index is 12.0. The molecule has 1 heterocycles. The molecule has 0 amide bonds. The van der Waals surface area contributed by atoms with Gasteiger partial charge in [0.1, 0.15) is 17.4 Å². The van der Waals surface area contributed by atoms with Crippen LogP contribution in [0.25, 0.3) is 10.8 Å². The molecule has 0 aliphatic carbocycles. The van der Waals surface area contributed by atoms with Gasteiger partial charge in [0.2, 0.25) is 0 Å². The number of carbonyl (C=O) groups excluding carboxylic acids is 2. The van der Waals surface area contributed by atoms with E-state index in [1.54, 1.807) is 0 Å². The normalized spacial score (nSPS) is 18.3. The number of rotatable bonds is 9. The zero-order valence-corrected chi connectivity index (χ0v) is 24.8. The smallest absolute Gasteiger partial charge is 0.293 e. The van der Waals surface area contributed by atoms with Crippen molar-refractivity contribution >= 4 is 23.5 Å². The van der Waals surface area contributed by atoms with Gasteiger partial charge in [-0.2, -0.15) is 0 Å². The minimum absolute atomic E-state index is 0.0825. The summed E-state index contributed by atoms with van der Waals surface area (Å²) < 4.78 is 11.0. The molecule has 3 unspecified atom stereocenters. The third kappa shape index (κ3) is 8.58. The number of carbonyl (C=O) groups is 2. The largest absolute Gasteiger partial charge is 0.462 e. The van der Waals surface area contributed by atoms with Gasteiger partial charge in [-0.3, -0.25) is 4.79 Å². The zero-order valence-electron chi connectivity index (χ0n) is 24.8. The average molecular weight is 567 g/mol. The SMILES string of the molecule is CC(C)(C)OC=O.NC(C=O)(Cc1ccccc1)c1ccc(C2CCNCC2OCc2ccc3ccccc3c2)cc1. The fourth-order valence-corrected chi connectivity index (χ4v) is 5.25. The number of hydrogen-bond acceptors (Lipinski definition) is 6. The number of ether oxygens (including phenoxy) is 2. The first-order valence-corrected chi connectivity index (χ1v) is 14.5. The lowest BCUT2D eigenvalue weighted by Crippen LogP contribution is -2.41. The Bertz CT molecular complexity index is 1430. The highest BCUT2D eigenvalue weighted by Gasteiger charge is 2.30. The van der Waals surface area contributed by atoms with Gasteiger partial charge in [-0.1, -0.05) is 91.0 Å². The summed E-state index contributed by atoms with van der Waals surface area (Å²) in [5.41, 5.74) is 9.49. The fourth-order valence-electron chi connectivity index (χ4n) is 5.25. The molecule has 0 saturated carbocycles. The number of nitrogens with one attached hydrogen (secondary N) is 1. The first kappa shape index (κ1) is 31.1. The molecule has 1 fully saturated rings. The van der Waals surface area contributed by atoms with Crippen LogP contribution < -0.4 is 11.1 Å². The summed E-state index contributed by atoms with van der Waals surface area (Å²) in [6, 6.07) is 33.1. The highest BCUT2D eigenvalue weighted by atomic mass is 16.5. The molecular formula is C36H42N2O4. The van der Waals surface area contributed by atoms with Crippen molar-refractivity contribution in [3.05, 3.63) is 119 Å². The number of aldehydes is 1. The first-order chi connectivity index (χ1) is 20.2. The molecule has 3 atom stereocenters. The topological polar surface area (TPSA) is 90.7 Å². The zero-order chi connectivity index (χ0) is 30.0. The van der Waals surface area contributed by atoms with E-state index in [0.717, 1.165) is 36.9 Å². The number of nitrogens with two attached hydrogens (primary N) is 1. The molecule has 1 aliphatic rings. The van der Waals surface area contributed by atoms with Gasteiger partial charge in [0, 0.05) is 18.9 Å². The molecule has 5 rings (SSSR count). The maximum Gasteiger partial charge on any atom is 0.293 e. The summed E-state index contributed by atoms with van der Waals surface area (Å²) >= 11 is 0. The van der Waals surface area contributed by atoms with E-state index in [-0.39, 0.29) is 11.7 Å². The van der Waals surface area contributed by atoms with Crippen LogP contribution in [0.15, 0.2) is 97.1 Å². The predicted octanol–water partition coefficient (Wildman–Crippen LogP) is 6.06. The quantitative estimate of drug-likeness (QED) is 0.240. The van der Waals surface area contributed by atoms with Crippen LogP contribution in [0.1, 0.15) is 55.4 Å². The van der Waals surface area contributed by atoms with Crippen LogP contribution in [0, 0.1) is 0 Å². The summed E-state index contributed by atoms with van der Waals surface area (Å²) in [6.07, 6.45) is 2.43. The Labute approximate surface area is 249 Å². The van der Waals surface area contributed by atoms with Crippen LogP contribution in [0.3, 0.4) is 0 Å². The van der Waals surface area contributed by atoms with E-state index in [0.29, 0.717) is 25.4 Å². The monoisotopic (exact) mass is 566 g/mol. The lowest BCUT2D eigenvalue weighted by atomic mass is 9.83. The molecule has 6 heteroatoms. The molecule has 1 saturated heterocycles. The minimum Gasteiger partial charge on any atom is -0.462 e. The van der Waals surface area contributed by atoms with Gasteiger partial charge >= 0.3 is 0 Å². The van der Waals surface area contributed by atoms with Crippen molar-refractivity contribution in [3.8, 4) is 0 Å². The Morgan fingerprint density at radius 1 is 0.857 bits per heavy atom. The van der Waals surface area contributed by atoms with Crippen molar-refractivity contribution < 1.29 is 19.1 Å². The van der Waals surface area contributed by atoms with Crippen molar-refractivity contribution in [2.24, 2.45) is 5.73 Å². The third-order valence-corrected chi connectivity index (χ3v) is 7.53. The number of piperidine rings is 1. The number of hydrogen-bond donors (Lipinski definition) is 2. The Kier molecular flexibility index (Phi) is 10.6. The molecule has 0 radical (unpaired) electrons. The molecule has 42 heavy (non-hydrogen) atoms. The second kappa shape index (κ2) is 14.4. The number of fused-ring (bicyclic) bond motifs is 1. The van der Waals surface area contributed by atoms with Gasteiger partial charge in [0.05, 0.1) is 12.7 Å². The van der Waals surface area contributed by atoms with E-state index in [1.165, 1.54) is 21.9 Å². The summed E-state index contributed by atoms with van der Waals surface area (Å²) in [4.78, 5) is 21.6. The maximum absolute atomic E-state index is 12.0. The molecule has 3 N–H and O–H groups in total. The van der Waals surface area contributed by atoms with Gasteiger partial charge < -0.3 is 25.3 Å². The van der Waals surface area contributed by atoms with Gasteiger partial charge in [0.15, 0.2) is 0 Å². The van der Waals surface area contributed by atoms with Crippen LogP contribution in [0.2, 0.25) is 0 Å². The highest BCUT2D eigenvalue weighted by molar-refractivity contribution is 5.82. The first-order valence-electron chi connectivity index (χ1n) is 14.5. The third-order valence-electron chi connectivity index (χ3n) is 7.53. The van der Waals surface area contributed by atoms with E-state index in [1.807, 2.05) is 63.2 Å². The van der Waals surface area contributed by atoms with Crippen LogP contribution >= 0.6 is 0 Å². The second-order valence-corrected chi connectivity index (χ2v) is 11.9. The van der Waals surface area contributed by atoms with Crippen molar-refractivity contribution in [2.45, 2.75) is 63.4 Å². The van der Waals surface area contributed by atoms with Crippen LogP contribution in [-0.4, -0.2) is 37.6 Å². The van der Waals surface area contributed by atoms with Crippen molar-refractivity contribution in [2.75, 3.05) is 13.1 Å². The van der Waals surface area contributed by atoms with E-state index >= 15 is 0 Å². The molecule has 0 spiro atoms. The standard InChI is InChI=1S/C31H32N2O2.C5H10O2/c32-31(22-34,19-23-6-2-1-3-7-23)28-14-12-26(13-15-28)29-16-17-33-20-30(29)35-21-24-10-11-25-8-4-5-9-27(25)18-24;1-5(2,3)7-4-6/h1-15,18,22,29-30,33H,16-17,19-21,32H2;4H,1-3H3. The molecular weight excluding hydrogens is 524 g/mol. The molecule has 4 aromatic carbocycles. The molecule has 1 aliphatic heterocycles. The minimum atomic E-state index is -1.04. The second-order valence-electron chi connectivity index (χ2n) is 11.9. The van der Waals surface area contributed by atoms with E-state index in [2.05, 4.69) is 64.7 Å². The molecule has 220 valence electrons. The highest BCUT2D eigenvalue weighted by Crippen LogP contribution is 2.31. The van der Waals surface area contributed by atoms with Crippen molar-refractivity contribution in [1.29, 1.82) is 0 Å².